The molecule has 2 heterocycles. The lowest BCUT2D eigenvalue weighted by Crippen LogP contribution is -2.35. The van der Waals surface area contributed by atoms with Crippen molar-refractivity contribution in [2.24, 2.45) is 9.98 Å². The van der Waals surface area contributed by atoms with Crippen LogP contribution in [0.25, 0.3) is 43.8 Å². The minimum atomic E-state index is -0.235. The molecule has 0 N–H and O–H groups in total. The molecule has 0 spiro atoms. The number of rotatable bonds is 7. The summed E-state index contributed by atoms with van der Waals surface area (Å²) in [6, 6.07) is 67.7. The van der Waals surface area contributed by atoms with Gasteiger partial charge in [0.15, 0.2) is 5.84 Å². The molecule has 0 amide bonds. The van der Waals surface area contributed by atoms with E-state index < -0.39 is 0 Å². The highest BCUT2D eigenvalue weighted by atomic mass is 16.3. The summed E-state index contributed by atoms with van der Waals surface area (Å²) in [5, 5.41) is 4.19. The van der Waals surface area contributed by atoms with E-state index in [0.717, 1.165) is 83.4 Å². The van der Waals surface area contributed by atoms with Gasteiger partial charge in [-0.1, -0.05) is 140 Å². The minimum Gasteiger partial charge on any atom is -0.455 e. The molecule has 55 heavy (non-hydrogen) atoms. The molecule has 5 heteroatoms. The van der Waals surface area contributed by atoms with Crippen molar-refractivity contribution < 1.29 is 4.42 Å². The van der Waals surface area contributed by atoms with Crippen LogP contribution in [0.1, 0.15) is 22.9 Å². The van der Waals surface area contributed by atoms with Crippen LogP contribution in [0.5, 0.6) is 0 Å². The molecular weight excluding hydrogens is 673 g/mol. The Morgan fingerprint density at radius 3 is 1.73 bits per heavy atom. The maximum absolute atomic E-state index is 6.75. The molecule has 1 unspecified atom stereocenters. The number of amidine groups is 2. The highest BCUT2D eigenvalue weighted by Crippen LogP contribution is 2.40. The summed E-state index contributed by atoms with van der Waals surface area (Å²) in [6.07, 6.45) is -0.235. The topological polar surface area (TPSA) is 44.3 Å². The zero-order valence-corrected chi connectivity index (χ0v) is 30.2. The molecule has 0 fully saturated rings. The first-order chi connectivity index (χ1) is 27.2. The van der Waals surface area contributed by atoms with Crippen LogP contribution in [0.2, 0.25) is 0 Å². The monoisotopic (exact) mass is 708 g/mol. The van der Waals surface area contributed by atoms with Crippen molar-refractivity contribution in [2.75, 3.05) is 11.9 Å². The van der Waals surface area contributed by atoms with Crippen molar-refractivity contribution >= 4 is 61.4 Å². The fourth-order valence-electron chi connectivity index (χ4n) is 7.80. The summed E-state index contributed by atoms with van der Waals surface area (Å²) in [6.45, 7) is 0. The van der Waals surface area contributed by atoms with Crippen LogP contribution < -0.4 is 4.90 Å². The van der Waals surface area contributed by atoms with Gasteiger partial charge in [0.2, 0.25) is 0 Å². The Bertz CT molecular complexity index is 2830. The molecule has 5 nitrogen and oxygen atoms in total. The van der Waals surface area contributed by atoms with Gasteiger partial charge in [-0.3, -0.25) is 0 Å². The van der Waals surface area contributed by atoms with Crippen LogP contribution in [-0.4, -0.2) is 23.6 Å². The quantitative estimate of drug-likeness (QED) is 0.166. The molecule has 1 aliphatic heterocycles. The van der Waals surface area contributed by atoms with Gasteiger partial charge in [-0.05, 0) is 76.7 Å². The van der Waals surface area contributed by atoms with Gasteiger partial charge in [0.1, 0.15) is 23.2 Å². The first-order valence-corrected chi connectivity index (χ1v) is 18.6. The Kier molecular flexibility index (Phi) is 8.03. The molecule has 0 saturated heterocycles. The van der Waals surface area contributed by atoms with Crippen molar-refractivity contribution in [3.05, 3.63) is 211 Å². The second kappa shape index (κ2) is 13.6. The predicted octanol–water partition coefficient (Wildman–Crippen LogP) is 12.7. The van der Waals surface area contributed by atoms with Crippen LogP contribution in [0, 0.1) is 0 Å². The first-order valence-electron chi connectivity index (χ1n) is 18.6. The van der Waals surface area contributed by atoms with Crippen LogP contribution in [-0.2, 0) is 0 Å². The molecule has 1 atom stereocenters. The molecule has 1 aromatic heterocycles. The summed E-state index contributed by atoms with van der Waals surface area (Å²) in [5.41, 5.74) is 10.4. The third kappa shape index (κ3) is 5.83. The normalized spacial score (nSPS) is 14.3. The number of hydrogen-bond donors (Lipinski definition) is 0. The van der Waals surface area contributed by atoms with Crippen molar-refractivity contribution in [3.8, 4) is 11.1 Å². The van der Waals surface area contributed by atoms with Gasteiger partial charge in [-0.2, -0.15) is 0 Å². The van der Waals surface area contributed by atoms with E-state index in [1.54, 1.807) is 0 Å². The third-order valence-corrected chi connectivity index (χ3v) is 10.5. The Morgan fingerprint density at radius 1 is 0.491 bits per heavy atom. The van der Waals surface area contributed by atoms with E-state index in [-0.39, 0.29) is 6.17 Å². The van der Waals surface area contributed by atoms with Crippen LogP contribution in [0.3, 0.4) is 0 Å². The van der Waals surface area contributed by atoms with Gasteiger partial charge >= 0.3 is 0 Å². The number of nitrogens with zero attached hydrogens (tertiary/aromatic N) is 4. The molecule has 262 valence electrons. The summed E-state index contributed by atoms with van der Waals surface area (Å²) in [5.74, 6) is 1.59. The smallest absolute Gasteiger partial charge is 0.160 e. The Labute approximate surface area is 319 Å². The number of para-hydroxylation sites is 2. The van der Waals surface area contributed by atoms with Gasteiger partial charge in [0.05, 0.1) is 0 Å². The van der Waals surface area contributed by atoms with E-state index in [1.165, 1.54) is 0 Å². The standard InChI is InChI=1S/C50H36N4O/c1-53-49(35-16-6-2-7-17-35)51-48(52-50(53)36-18-8-3-9-19-36)45-33-44-42-31-28-37(32-46(42)55-47(44)43-25-15-14-24-41(43)45)34-26-29-40(30-27-34)54(38-20-10-4-11-21-38)39-22-12-5-13-23-39/h2-33,49H,1H3. The second-order valence-electron chi connectivity index (χ2n) is 13.9. The SMILES string of the molecule is CN1C(c2ccccc2)=NC(c2cc3c4ccc(-c5ccc(N(c6ccccc6)c6ccccc6)cc5)cc4oc3c3ccccc23)=NC1c1ccccc1. The van der Waals surface area contributed by atoms with Crippen molar-refractivity contribution in [1.82, 2.24) is 4.90 Å². The predicted molar refractivity (Wildman–Crippen MR) is 228 cm³/mol. The van der Waals surface area contributed by atoms with Gasteiger partial charge in [-0.25, -0.2) is 9.98 Å². The number of fused-ring (bicyclic) bond motifs is 5. The number of hydrogen-bond acceptors (Lipinski definition) is 5. The largest absolute Gasteiger partial charge is 0.455 e. The lowest BCUT2D eigenvalue weighted by molar-refractivity contribution is 0.383. The van der Waals surface area contributed by atoms with Gasteiger partial charge in [0, 0.05) is 51.4 Å². The molecule has 0 radical (unpaired) electrons. The lowest BCUT2D eigenvalue weighted by Gasteiger charge is -2.32. The maximum atomic E-state index is 6.75. The Balaban J connectivity index is 1.08. The van der Waals surface area contributed by atoms with E-state index in [0.29, 0.717) is 5.84 Å². The highest BCUT2D eigenvalue weighted by Gasteiger charge is 2.28. The number of anilines is 3. The molecule has 0 bridgehead atoms. The molecule has 10 rings (SSSR count). The van der Waals surface area contributed by atoms with Crippen LogP contribution >= 0.6 is 0 Å². The van der Waals surface area contributed by atoms with Crippen molar-refractivity contribution in [2.45, 2.75) is 6.17 Å². The van der Waals surface area contributed by atoms with E-state index in [9.17, 15) is 0 Å². The highest BCUT2D eigenvalue weighted by molar-refractivity contribution is 6.24. The second-order valence-corrected chi connectivity index (χ2v) is 13.9. The summed E-state index contributed by atoms with van der Waals surface area (Å²) in [7, 11) is 2.07. The van der Waals surface area contributed by atoms with E-state index in [2.05, 4.69) is 187 Å². The summed E-state index contributed by atoms with van der Waals surface area (Å²) >= 11 is 0. The van der Waals surface area contributed by atoms with E-state index >= 15 is 0 Å². The number of benzene rings is 8. The fraction of sp³-hybridized carbons (Fsp3) is 0.0400. The van der Waals surface area contributed by atoms with E-state index in [1.807, 2.05) is 24.3 Å². The average molecular weight is 709 g/mol. The first kappa shape index (κ1) is 32.4. The molecule has 0 saturated carbocycles. The van der Waals surface area contributed by atoms with Crippen LogP contribution in [0.15, 0.2) is 209 Å². The summed E-state index contributed by atoms with van der Waals surface area (Å²) < 4.78 is 6.75. The average Bonchev–Trinajstić information content (AvgIpc) is 3.63. The molecule has 9 aromatic rings. The lowest BCUT2D eigenvalue weighted by atomic mass is 9.98. The number of aliphatic imine (C=N–C) groups is 2. The van der Waals surface area contributed by atoms with E-state index in [4.69, 9.17) is 14.4 Å². The van der Waals surface area contributed by atoms with Crippen molar-refractivity contribution in [3.63, 3.8) is 0 Å². The maximum Gasteiger partial charge on any atom is 0.160 e. The molecular formula is C50H36N4O. The molecule has 0 aliphatic carbocycles. The Morgan fingerprint density at radius 2 is 1.05 bits per heavy atom. The molecule has 1 aliphatic rings. The van der Waals surface area contributed by atoms with Gasteiger partial charge in [-0.15, -0.1) is 0 Å². The zero-order valence-electron chi connectivity index (χ0n) is 30.2. The van der Waals surface area contributed by atoms with Crippen molar-refractivity contribution in [1.29, 1.82) is 0 Å². The summed E-state index contributed by atoms with van der Waals surface area (Å²) in [4.78, 5) is 15.0. The van der Waals surface area contributed by atoms with Gasteiger partial charge in [0.25, 0.3) is 0 Å². The zero-order chi connectivity index (χ0) is 36.7. The number of furan rings is 1. The fourth-order valence-corrected chi connectivity index (χ4v) is 7.80. The van der Waals surface area contributed by atoms with Gasteiger partial charge < -0.3 is 14.2 Å². The van der Waals surface area contributed by atoms with Crippen LogP contribution in [0.4, 0.5) is 17.1 Å². The Hall–Kier alpha value is -7.24. The minimum absolute atomic E-state index is 0.235. The third-order valence-electron chi connectivity index (χ3n) is 10.5. The molecule has 8 aromatic carbocycles.